The minimum atomic E-state index is -0.819. The zero-order chi connectivity index (χ0) is 18.2. The Kier molecular flexibility index (Phi) is 6.98. The van der Waals surface area contributed by atoms with E-state index >= 15 is 0 Å². The summed E-state index contributed by atoms with van der Waals surface area (Å²) in [5, 5.41) is 3.31. The molecule has 2 aromatic carbocycles. The zero-order valence-corrected chi connectivity index (χ0v) is 14.8. The molecule has 2 atom stereocenters. The number of hydrogen-bond acceptors (Lipinski definition) is 4. The second kappa shape index (κ2) is 9.20. The van der Waals surface area contributed by atoms with Gasteiger partial charge in [0.25, 0.3) is 5.91 Å². The molecule has 0 heterocycles. The highest BCUT2D eigenvalue weighted by Gasteiger charge is 2.27. The lowest BCUT2D eigenvalue weighted by Gasteiger charge is -2.21. The van der Waals surface area contributed by atoms with E-state index in [1.807, 2.05) is 18.2 Å². The van der Waals surface area contributed by atoms with Crippen LogP contribution in [0.1, 0.15) is 17.2 Å². The molecule has 0 bridgehead atoms. The van der Waals surface area contributed by atoms with Gasteiger partial charge in [-0.3, -0.25) is 4.79 Å². The lowest BCUT2D eigenvalue weighted by molar-refractivity contribution is -0.146. The summed E-state index contributed by atoms with van der Waals surface area (Å²) in [5.41, 5.74) is 1.56. The van der Waals surface area contributed by atoms with Crippen molar-refractivity contribution in [3.63, 3.8) is 0 Å². The Morgan fingerprint density at radius 2 is 1.68 bits per heavy atom. The van der Waals surface area contributed by atoms with Crippen molar-refractivity contribution in [3.8, 4) is 0 Å². The molecule has 0 aliphatic heterocycles. The first-order chi connectivity index (χ1) is 12.0. The topological polar surface area (TPSA) is 64.6 Å². The molecule has 0 unspecified atom stereocenters. The van der Waals surface area contributed by atoms with Gasteiger partial charge in [-0.25, -0.2) is 4.79 Å². The molecule has 5 nitrogen and oxygen atoms in total. The molecule has 25 heavy (non-hydrogen) atoms. The van der Waals surface area contributed by atoms with E-state index in [1.165, 1.54) is 14.2 Å². The van der Waals surface area contributed by atoms with Gasteiger partial charge in [0.05, 0.1) is 7.11 Å². The van der Waals surface area contributed by atoms with Crippen molar-refractivity contribution in [2.24, 2.45) is 0 Å². The minimum absolute atomic E-state index is 0.292. The summed E-state index contributed by atoms with van der Waals surface area (Å²) < 4.78 is 10.1. The Morgan fingerprint density at radius 1 is 1.04 bits per heavy atom. The van der Waals surface area contributed by atoms with Crippen LogP contribution in [-0.2, 0) is 25.5 Å². The van der Waals surface area contributed by atoms with Crippen molar-refractivity contribution in [3.05, 3.63) is 70.7 Å². The smallest absolute Gasteiger partial charge is 0.328 e. The number of rotatable bonds is 7. The van der Waals surface area contributed by atoms with Crippen LogP contribution < -0.4 is 5.32 Å². The molecule has 0 aromatic heterocycles. The maximum absolute atomic E-state index is 12.6. The number of benzene rings is 2. The largest absolute Gasteiger partial charge is 0.467 e. The first-order valence-electron chi connectivity index (χ1n) is 7.75. The lowest BCUT2D eigenvalue weighted by atomic mass is 10.0. The highest BCUT2D eigenvalue weighted by Crippen LogP contribution is 2.17. The first kappa shape index (κ1) is 19.0. The van der Waals surface area contributed by atoms with E-state index in [-0.39, 0.29) is 0 Å². The number of nitrogens with one attached hydrogen (secondary N) is 1. The minimum Gasteiger partial charge on any atom is -0.467 e. The van der Waals surface area contributed by atoms with E-state index in [0.29, 0.717) is 17.0 Å². The van der Waals surface area contributed by atoms with Crippen LogP contribution >= 0.6 is 11.6 Å². The molecule has 0 radical (unpaired) electrons. The number of halogens is 1. The predicted molar refractivity (Wildman–Crippen MR) is 95.3 cm³/mol. The highest BCUT2D eigenvalue weighted by atomic mass is 35.5. The van der Waals surface area contributed by atoms with Crippen LogP contribution in [0, 0.1) is 0 Å². The third-order valence-electron chi connectivity index (χ3n) is 3.73. The van der Waals surface area contributed by atoms with Crippen LogP contribution in [-0.4, -0.2) is 32.1 Å². The third-order valence-corrected chi connectivity index (χ3v) is 3.98. The quantitative estimate of drug-likeness (QED) is 0.770. The molecule has 1 amide bonds. The van der Waals surface area contributed by atoms with Crippen LogP contribution in [0.4, 0.5) is 0 Å². The Morgan fingerprint density at radius 3 is 2.24 bits per heavy atom. The van der Waals surface area contributed by atoms with Crippen LogP contribution in [0.2, 0.25) is 5.02 Å². The Hall–Kier alpha value is -2.37. The molecule has 2 rings (SSSR count). The van der Waals surface area contributed by atoms with Gasteiger partial charge in [0, 0.05) is 18.6 Å². The van der Waals surface area contributed by atoms with Gasteiger partial charge >= 0.3 is 5.97 Å². The average Bonchev–Trinajstić information content (AvgIpc) is 2.64. The Bertz CT molecular complexity index is 703. The number of carbonyl (C=O) groups is 2. The molecule has 0 fully saturated rings. The molecular weight excluding hydrogens is 342 g/mol. The van der Waals surface area contributed by atoms with Crippen molar-refractivity contribution in [1.82, 2.24) is 5.32 Å². The maximum atomic E-state index is 12.6. The molecule has 2 aromatic rings. The second-order valence-corrected chi connectivity index (χ2v) is 5.88. The van der Waals surface area contributed by atoms with E-state index in [0.717, 1.165) is 5.56 Å². The van der Waals surface area contributed by atoms with Gasteiger partial charge in [0.1, 0.15) is 6.04 Å². The fourth-order valence-electron chi connectivity index (χ4n) is 2.46. The number of hydrogen-bond donors (Lipinski definition) is 1. The molecular formula is C19H20ClNO4. The van der Waals surface area contributed by atoms with Crippen LogP contribution in [0.3, 0.4) is 0 Å². The summed E-state index contributed by atoms with van der Waals surface area (Å²) in [6.07, 6.45) is -0.514. The molecule has 0 spiro atoms. The van der Waals surface area contributed by atoms with Gasteiger partial charge in [-0.1, -0.05) is 54.1 Å². The van der Waals surface area contributed by atoms with E-state index in [1.54, 1.807) is 36.4 Å². The van der Waals surface area contributed by atoms with Crippen molar-refractivity contribution in [2.45, 2.75) is 18.6 Å². The summed E-state index contributed by atoms with van der Waals surface area (Å²) in [4.78, 5) is 24.6. The normalized spacial score (nSPS) is 12.9. The molecule has 0 aliphatic carbocycles. The standard InChI is InChI=1S/C19H20ClNO4/c1-24-17(14-6-4-3-5-7-14)18(22)21-16(19(23)25-2)12-13-8-10-15(20)11-9-13/h3-11,16-17H,12H2,1-2H3,(H,21,22)/t16-,17+/m0/s1. The van der Waals surface area contributed by atoms with Crippen molar-refractivity contribution >= 4 is 23.5 Å². The average molecular weight is 362 g/mol. The van der Waals surface area contributed by atoms with E-state index in [4.69, 9.17) is 21.1 Å². The molecule has 6 heteroatoms. The van der Waals surface area contributed by atoms with Crippen LogP contribution in [0.5, 0.6) is 0 Å². The van der Waals surface area contributed by atoms with Gasteiger partial charge in [-0.05, 0) is 23.3 Å². The fourth-order valence-corrected chi connectivity index (χ4v) is 2.59. The summed E-state index contributed by atoms with van der Waals surface area (Å²) >= 11 is 5.87. The van der Waals surface area contributed by atoms with Gasteiger partial charge in [0.15, 0.2) is 6.10 Å². The number of ether oxygens (including phenoxy) is 2. The predicted octanol–water partition coefficient (Wildman–Crippen LogP) is 2.93. The number of carbonyl (C=O) groups excluding carboxylic acids is 2. The van der Waals surface area contributed by atoms with E-state index < -0.39 is 24.0 Å². The Balaban J connectivity index is 2.13. The highest BCUT2D eigenvalue weighted by molar-refractivity contribution is 6.30. The molecule has 0 aliphatic rings. The third kappa shape index (κ3) is 5.31. The van der Waals surface area contributed by atoms with Crippen LogP contribution in [0.25, 0.3) is 0 Å². The van der Waals surface area contributed by atoms with Crippen molar-refractivity contribution < 1.29 is 19.1 Å². The monoisotopic (exact) mass is 361 g/mol. The lowest BCUT2D eigenvalue weighted by Crippen LogP contribution is -2.45. The fraction of sp³-hybridized carbons (Fsp3) is 0.263. The molecule has 0 saturated carbocycles. The zero-order valence-electron chi connectivity index (χ0n) is 14.1. The summed E-state index contributed by atoms with van der Waals surface area (Å²) in [5.74, 6) is -0.927. The molecule has 0 saturated heterocycles. The maximum Gasteiger partial charge on any atom is 0.328 e. The second-order valence-electron chi connectivity index (χ2n) is 5.44. The number of methoxy groups -OCH3 is 2. The van der Waals surface area contributed by atoms with Gasteiger partial charge in [-0.2, -0.15) is 0 Å². The summed E-state index contributed by atoms with van der Waals surface area (Å²) in [6, 6.07) is 15.3. The van der Waals surface area contributed by atoms with Crippen molar-refractivity contribution in [2.75, 3.05) is 14.2 Å². The first-order valence-corrected chi connectivity index (χ1v) is 8.13. The SMILES string of the molecule is COC(=O)[C@H](Cc1ccc(Cl)cc1)NC(=O)[C@H](OC)c1ccccc1. The number of esters is 1. The van der Waals surface area contributed by atoms with Crippen molar-refractivity contribution in [1.29, 1.82) is 0 Å². The Labute approximate surface area is 151 Å². The van der Waals surface area contributed by atoms with Crippen LogP contribution in [0.15, 0.2) is 54.6 Å². The summed E-state index contributed by atoms with van der Waals surface area (Å²) in [6.45, 7) is 0. The van der Waals surface area contributed by atoms with E-state index in [9.17, 15) is 9.59 Å². The molecule has 132 valence electrons. The van der Waals surface area contributed by atoms with Gasteiger partial charge in [0.2, 0.25) is 0 Å². The summed E-state index contributed by atoms with van der Waals surface area (Å²) in [7, 11) is 2.73. The van der Waals surface area contributed by atoms with E-state index in [2.05, 4.69) is 5.32 Å². The van der Waals surface area contributed by atoms with Gasteiger partial charge < -0.3 is 14.8 Å². The number of amides is 1. The van der Waals surface area contributed by atoms with Gasteiger partial charge in [-0.15, -0.1) is 0 Å². The molecule has 1 N–H and O–H groups in total.